The Morgan fingerprint density at radius 3 is 3.50 bits per heavy atom. The maximum atomic E-state index is 3.96. The molecule has 1 atom stereocenters. The monoisotopic (exact) mass is 143 g/mol. The van der Waals surface area contributed by atoms with Crippen molar-refractivity contribution in [1.82, 2.24) is 9.59 Å². The molecule has 2 aromatic rings. The van der Waals surface area contributed by atoms with Gasteiger partial charge in [-0.1, -0.05) is 0 Å². The summed E-state index contributed by atoms with van der Waals surface area (Å²) in [5.74, 6) is 0. The van der Waals surface area contributed by atoms with Crippen molar-refractivity contribution in [3.8, 4) is 0 Å². The molecule has 1 unspecified atom stereocenters. The first-order valence-electron chi connectivity index (χ1n) is 2.16. The van der Waals surface area contributed by atoms with E-state index in [-0.39, 0.29) is 9.46 Å². The Morgan fingerprint density at radius 2 is 2.62 bits per heavy atom. The molecule has 0 N–H and O–H groups in total. The maximum absolute atomic E-state index is 3.96. The fourth-order valence-electron chi connectivity index (χ4n) is 0.539. The van der Waals surface area contributed by atoms with Gasteiger partial charge in [-0.3, -0.25) is 0 Å². The Bertz CT molecular complexity index is 233. The number of hydrogen-bond donors (Lipinski definition) is 0. The summed E-state index contributed by atoms with van der Waals surface area (Å²) < 4.78 is 5.22. The van der Waals surface area contributed by atoms with Crippen LogP contribution in [0.5, 0.6) is 0 Å². The Hall–Kier alpha value is -0.480. The number of fused-ring (bicyclic) bond motifs is 1. The second kappa shape index (κ2) is 1.50. The quantitative estimate of drug-likeness (QED) is 0.414. The minimum atomic E-state index is 0.0571. The van der Waals surface area contributed by atoms with Gasteiger partial charge in [-0.25, -0.2) is 0 Å². The Kier molecular flexibility index (Phi) is 0.824. The van der Waals surface area contributed by atoms with Crippen molar-refractivity contribution in [2.24, 2.45) is 0 Å². The average Bonchev–Trinajstić information content (AvgIpc) is 2.15. The van der Waals surface area contributed by atoms with Crippen molar-refractivity contribution in [3.05, 3.63) is 17.6 Å². The molecule has 0 spiro atoms. The Labute approximate surface area is 52.2 Å². The van der Waals surface area contributed by atoms with Crippen LogP contribution in [-0.2, 0) is 0 Å². The molecular weight excluding hydrogens is 140 g/mol. The first kappa shape index (κ1) is 4.40. The minimum Gasteiger partial charge on any atom is -0.102 e. The average molecular weight is 143 g/mol. The van der Waals surface area contributed by atoms with E-state index in [0.717, 1.165) is 0 Å². The van der Waals surface area contributed by atoms with E-state index in [4.69, 9.17) is 0 Å². The minimum absolute atomic E-state index is 0.0571. The van der Waals surface area contributed by atoms with Crippen molar-refractivity contribution in [2.75, 3.05) is 0 Å². The van der Waals surface area contributed by atoms with Gasteiger partial charge in [0, 0.05) is 6.07 Å². The molecule has 0 aliphatic carbocycles. The molecular formula is C4H3N2S2+. The third kappa shape index (κ3) is 0.468. The lowest BCUT2D eigenvalue weighted by molar-refractivity contribution is 1.16. The predicted octanol–water partition coefficient (Wildman–Crippen LogP) is 1.74. The molecule has 2 heterocycles. The van der Waals surface area contributed by atoms with E-state index >= 15 is 0 Å². The van der Waals surface area contributed by atoms with E-state index in [2.05, 4.69) is 21.0 Å². The molecule has 2 nitrogen and oxygen atoms in total. The summed E-state index contributed by atoms with van der Waals surface area (Å²) in [6, 6.07) is 2.06. The predicted molar refractivity (Wildman–Crippen MR) is 35.4 cm³/mol. The number of rotatable bonds is 0. The number of nitrogens with zero attached hydrogens (tertiary/aromatic N) is 2. The second-order valence-corrected chi connectivity index (χ2v) is 4.50. The Balaban J connectivity index is 3.06. The van der Waals surface area contributed by atoms with Crippen LogP contribution in [0, 0.1) is 0 Å². The summed E-state index contributed by atoms with van der Waals surface area (Å²) in [5.41, 5.74) is 0. The smallest absolute Gasteiger partial charge is 0.102 e. The van der Waals surface area contributed by atoms with Gasteiger partial charge >= 0.3 is 0 Å². The molecule has 0 aliphatic heterocycles. The number of hydrogen-bond acceptors (Lipinski definition) is 3. The van der Waals surface area contributed by atoms with Crippen molar-refractivity contribution in [1.29, 1.82) is 0 Å². The molecule has 0 radical (unpaired) electrons. The van der Waals surface area contributed by atoms with Gasteiger partial charge in [0.2, 0.25) is 14.2 Å². The van der Waals surface area contributed by atoms with Crippen LogP contribution in [0.15, 0.2) is 17.6 Å². The Morgan fingerprint density at radius 1 is 1.62 bits per heavy atom. The molecule has 40 valence electrons. The van der Waals surface area contributed by atoms with Crippen LogP contribution in [0.2, 0.25) is 0 Å². The van der Waals surface area contributed by atoms with E-state index in [1.807, 2.05) is 6.20 Å². The van der Waals surface area contributed by atoms with E-state index in [1.165, 1.54) is 4.70 Å². The third-order valence-corrected chi connectivity index (χ3v) is 3.86. The van der Waals surface area contributed by atoms with E-state index in [9.17, 15) is 0 Å². The highest BCUT2D eigenvalue weighted by atomic mass is 32.9. The van der Waals surface area contributed by atoms with Gasteiger partial charge < -0.3 is 0 Å². The lowest BCUT2D eigenvalue weighted by Gasteiger charge is -1.45. The van der Waals surface area contributed by atoms with E-state index in [0.29, 0.717) is 0 Å². The normalized spacial score (nSPS) is 12.8. The highest BCUT2D eigenvalue weighted by molar-refractivity contribution is 7.77. The molecule has 2 rings (SSSR count). The van der Waals surface area contributed by atoms with Gasteiger partial charge in [0.25, 0.3) is 0 Å². The zero-order valence-corrected chi connectivity index (χ0v) is 5.58. The van der Waals surface area contributed by atoms with Gasteiger partial charge in [0.15, 0.2) is 0 Å². The van der Waals surface area contributed by atoms with Gasteiger partial charge in [-0.2, -0.15) is 0 Å². The van der Waals surface area contributed by atoms with Crippen LogP contribution >= 0.6 is 19.8 Å². The van der Waals surface area contributed by atoms with E-state index in [1.54, 1.807) is 10.3 Å². The summed E-state index contributed by atoms with van der Waals surface area (Å²) in [6.07, 6.45) is 1.82. The molecule has 0 bridgehead atoms. The van der Waals surface area contributed by atoms with Gasteiger partial charge in [0.1, 0.15) is 16.5 Å². The summed E-state index contributed by atoms with van der Waals surface area (Å²) in [7, 11) is 1.79. The van der Waals surface area contributed by atoms with Crippen molar-refractivity contribution in [3.63, 3.8) is 0 Å². The van der Waals surface area contributed by atoms with Crippen LogP contribution in [-0.4, -0.2) is 9.59 Å². The summed E-state index contributed by atoms with van der Waals surface area (Å²) >= 11 is 0. The molecule has 0 saturated heterocycles. The SMILES string of the molecule is c1cc2cnn[s+]2s1. The van der Waals surface area contributed by atoms with Crippen LogP contribution in [0.1, 0.15) is 0 Å². The zero-order valence-electron chi connectivity index (χ0n) is 3.94. The zero-order chi connectivity index (χ0) is 5.40. The van der Waals surface area contributed by atoms with Crippen molar-refractivity contribution < 1.29 is 0 Å². The molecule has 0 fully saturated rings. The number of aromatic nitrogens is 2. The van der Waals surface area contributed by atoms with Crippen molar-refractivity contribution >= 4 is 24.5 Å². The molecule has 2 aromatic heterocycles. The van der Waals surface area contributed by atoms with Crippen molar-refractivity contribution in [2.45, 2.75) is 0 Å². The van der Waals surface area contributed by atoms with Crippen LogP contribution in [0.4, 0.5) is 0 Å². The molecule has 0 aliphatic rings. The highest BCUT2D eigenvalue weighted by Gasteiger charge is 2.06. The highest BCUT2D eigenvalue weighted by Crippen LogP contribution is 2.24. The van der Waals surface area contributed by atoms with Crippen LogP contribution in [0.25, 0.3) is 4.70 Å². The van der Waals surface area contributed by atoms with Gasteiger partial charge in [-0.05, 0) is 0 Å². The summed E-state index contributed by atoms with van der Waals surface area (Å²) in [6.45, 7) is 0. The standard InChI is InChI=1S/C4H3N2S2/c1-2-7-8-4(1)3-5-6-8/h1-3H/q+1. The first-order chi connectivity index (χ1) is 3.97. The van der Waals surface area contributed by atoms with Gasteiger partial charge in [0.05, 0.1) is 9.87 Å². The molecule has 0 aromatic carbocycles. The fourth-order valence-corrected chi connectivity index (χ4v) is 2.97. The summed E-state index contributed by atoms with van der Waals surface area (Å²) in [5, 5.41) is 5.83. The van der Waals surface area contributed by atoms with Gasteiger partial charge in [-0.15, -0.1) is 5.10 Å². The van der Waals surface area contributed by atoms with Crippen LogP contribution < -0.4 is 0 Å². The molecule has 0 saturated carbocycles. The maximum Gasteiger partial charge on any atom is 0.240 e. The lowest BCUT2D eigenvalue weighted by Crippen LogP contribution is -1.53. The second-order valence-electron chi connectivity index (χ2n) is 1.38. The third-order valence-electron chi connectivity index (χ3n) is 0.887. The largest absolute Gasteiger partial charge is 0.240 e. The molecule has 0 amide bonds. The lowest BCUT2D eigenvalue weighted by atomic mass is 10.6. The topological polar surface area (TPSA) is 25.8 Å². The van der Waals surface area contributed by atoms with E-state index < -0.39 is 0 Å². The summed E-state index contributed by atoms with van der Waals surface area (Å²) in [4.78, 5) is 0. The molecule has 8 heavy (non-hydrogen) atoms. The fraction of sp³-hybridized carbons (Fsp3) is 0. The van der Waals surface area contributed by atoms with Crippen LogP contribution in [0.3, 0.4) is 0 Å². The molecule has 4 heteroatoms. The first-order valence-corrected chi connectivity index (χ1v) is 4.74.